The number of nitrogens with zero attached hydrogens (tertiary/aromatic N) is 1. The predicted molar refractivity (Wildman–Crippen MR) is 119 cm³/mol. The zero-order valence-corrected chi connectivity index (χ0v) is 18.4. The zero-order chi connectivity index (χ0) is 22.9. The molecule has 0 spiro atoms. The fourth-order valence-corrected chi connectivity index (χ4v) is 5.93. The second-order valence-corrected chi connectivity index (χ2v) is 9.84. The first kappa shape index (κ1) is 22.0. The van der Waals surface area contributed by atoms with Crippen molar-refractivity contribution in [3.8, 4) is 0 Å². The van der Waals surface area contributed by atoms with E-state index in [0.29, 0.717) is 25.8 Å². The summed E-state index contributed by atoms with van der Waals surface area (Å²) in [4.78, 5) is 43.3. The Morgan fingerprint density at radius 1 is 1.22 bits per heavy atom. The van der Waals surface area contributed by atoms with E-state index in [0.717, 1.165) is 20.8 Å². The van der Waals surface area contributed by atoms with Gasteiger partial charge in [0.15, 0.2) is 4.90 Å². The van der Waals surface area contributed by atoms with Gasteiger partial charge in [0.25, 0.3) is 5.56 Å². The number of para-hydroxylation sites is 1. The maximum Gasteiger partial charge on any atom is 0.325 e. The minimum atomic E-state index is -4.15. The average Bonchev–Trinajstić information content (AvgIpc) is 3.16. The first-order valence-electron chi connectivity index (χ1n) is 10.4. The van der Waals surface area contributed by atoms with Crippen LogP contribution in [0.3, 0.4) is 0 Å². The number of aromatic nitrogens is 3. The number of benzene rings is 1. The van der Waals surface area contributed by atoms with Gasteiger partial charge in [0.2, 0.25) is 15.9 Å². The Balaban J connectivity index is 1.41. The van der Waals surface area contributed by atoms with Gasteiger partial charge in [-0.05, 0) is 37.8 Å². The number of H-pyrrole nitrogens is 3. The lowest BCUT2D eigenvalue weighted by molar-refractivity contribution is -0.126. The Morgan fingerprint density at radius 2 is 2.00 bits per heavy atom. The molecule has 3 heterocycles. The average molecular weight is 460 g/mol. The molecule has 0 bridgehead atoms. The zero-order valence-electron chi connectivity index (χ0n) is 17.6. The standard InChI is InChI=1S/C21H25N5O5S/c1-13-18(20(28)25-21(29)24-13)32(30,31)26-10-4-5-15(12-26)19(27)22-9-8-14-11-23-17-7-3-2-6-16(14)17/h2-3,6-7,11,15,23H,4-5,8-10,12H2,1H3,(H,22,27)(H2,24,25,28,29). The van der Waals surface area contributed by atoms with Gasteiger partial charge in [0, 0.05) is 42.4 Å². The molecule has 1 aliphatic rings. The molecule has 11 heteroatoms. The van der Waals surface area contributed by atoms with E-state index in [1.54, 1.807) is 0 Å². The van der Waals surface area contributed by atoms with E-state index < -0.39 is 32.1 Å². The van der Waals surface area contributed by atoms with Crippen LogP contribution in [0.15, 0.2) is 44.9 Å². The summed E-state index contributed by atoms with van der Waals surface area (Å²) in [6.07, 6.45) is 3.64. The number of carbonyl (C=O) groups excluding carboxylic acids is 1. The highest BCUT2D eigenvalue weighted by molar-refractivity contribution is 7.89. The summed E-state index contributed by atoms with van der Waals surface area (Å²) in [6, 6.07) is 7.93. The lowest BCUT2D eigenvalue weighted by Crippen LogP contribution is -2.47. The van der Waals surface area contributed by atoms with Crippen LogP contribution in [0.1, 0.15) is 24.1 Å². The minimum absolute atomic E-state index is 0.0146. The van der Waals surface area contributed by atoms with Gasteiger partial charge in [-0.2, -0.15) is 4.31 Å². The fourth-order valence-electron chi connectivity index (χ4n) is 4.21. The number of rotatable bonds is 6. The van der Waals surface area contributed by atoms with Crippen LogP contribution in [0, 0.1) is 12.8 Å². The molecule has 10 nitrogen and oxygen atoms in total. The topological polar surface area (TPSA) is 148 Å². The largest absolute Gasteiger partial charge is 0.361 e. The summed E-state index contributed by atoms with van der Waals surface area (Å²) >= 11 is 0. The number of aromatic amines is 3. The fraction of sp³-hybridized carbons (Fsp3) is 0.381. The molecule has 170 valence electrons. The molecule has 4 N–H and O–H groups in total. The van der Waals surface area contributed by atoms with Crippen LogP contribution in [0.2, 0.25) is 0 Å². The van der Waals surface area contributed by atoms with E-state index >= 15 is 0 Å². The molecular weight excluding hydrogens is 434 g/mol. The number of amides is 1. The van der Waals surface area contributed by atoms with Crippen LogP contribution in [0.25, 0.3) is 10.9 Å². The van der Waals surface area contributed by atoms with Crippen molar-refractivity contribution in [1.29, 1.82) is 0 Å². The van der Waals surface area contributed by atoms with Gasteiger partial charge in [-0.15, -0.1) is 0 Å². The Bertz CT molecular complexity index is 1370. The molecular formula is C21H25N5O5S. The molecule has 4 rings (SSSR count). The van der Waals surface area contributed by atoms with Crippen LogP contribution >= 0.6 is 0 Å². The highest BCUT2D eigenvalue weighted by atomic mass is 32.2. The Hall–Kier alpha value is -3.18. The van der Waals surface area contributed by atoms with E-state index in [2.05, 4.69) is 15.3 Å². The Kier molecular flexibility index (Phi) is 6.02. The van der Waals surface area contributed by atoms with Crippen molar-refractivity contribution in [2.45, 2.75) is 31.1 Å². The lowest BCUT2D eigenvalue weighted by atomic mass is 9.99. The van der Waals surface area contributed by atoms with Crippen LogP contribution in [0.5, 0.6) is 0 Å². The summed E-state index contributed by atoms with van der Waals surface area (Å²) in [7, 11) is -4.15. The van der Waals surface area contributed by atoms with E-state index in [-0.39, 0.29) is 24.7 Å². The first-order chi connectivity index (χ1) is 15.3. The van der Waals surface area contributed by atoms with Crippen LogP contribution in [-0.2, 0) is 21.2 Å². The second kappa shape index (κ2) is 8.75. The van der Waals surface area contributed by atoms with Crippen molar-refractivity contribution in [1.82, 2.24) is 24.6 Å². The molecule has 1 fully saturated rings. The molecule has 32 heavy (non-hydrogen) atoms. The normalized spacial score (nSPS) is 17.5. The van der Waals surface area contributed by atoms with Gasteiger partial charge < -0.3 is 15.3 Å². The van der Waals surface area contributed by atoms with Crippen molar-refractivity contribution in [3.63, 3.8) is 0 Å². The molecule has 1 unspecified atom stereocenters. The second-order valence-electron chi connectivity index (χ2n) is 7.97. The first-order valence-corrected chi connectivity index (χ1v) is 11.9. The summed E-state index contributed by atoms with van der Waals surface area (Å²) < 4.78 is 27.3. The lowest BCUT2D eigenvalue weighted by Gasteiger charge is -2.31. The highest BCUT2D eigenvalue weighted by Crippen LogP contribution is 2.23. The number of piperidine rings is 1. The SMILES string of the molecule is Cc1[nH]c(=O)[nH]c(=O)c1S(=O)(=O)N1CCCC(C(=O)NCCc2c[nH]c3ccccc23)C1. The number of fused-ring (bicyclic) bond motifs is 1. The van der Waals surface area contributed by atoms with Gasteiger partial charge in [-0.3, -0.25) is 14.6 Å². The maximum absolute atomic E-state index is 13.1. The monoisotopic (exact) mass is 459 g/mol. The van der Waals surface area contributed by atoms with E-state index in [1.807, 2.05) is 35.4 Å². The van der Waals surface area contributed by atoms with Crippen LogP contribution in [0.4, 0.5) is 0 Å². The minimum Gasteiger partial charge on any atom is -0.361 e. The van der Waals surface area contributed by atoms with Gasteiger partial charge in [0.1, 0.15) is 0 Å². The molecule has 0 aliphatic carbocycles. The quantitative estimate of drug-likeness (QED) is 0.426. The van der Waals surface area contributed by atoms with Crippen molar-refractivity contribution in [3.05, 3.63) is 62.6 Å². The van der Waals surface area contributed by atoms with E-state index in [9.17, 15) is 22.8 Å². The summed E-state index contributed by atoms with van der Waals surface area (Å²) in [5.74, 6) is -0.722. The van der Waals surface area contributed by atoms with Crippen molar-refractivity contribution in [2.24, 2.45) is 5.92 Å². The molecule has 3 aromatic rings. The van der Waals surface area contributed by atoms with Crippen LogP contribution < -0.4 is 16.6 Å². The molecule has 1 aromatic carbocycles. The number of carbonyl (C=O) groups is 1. The highest BCUT2D eigenvalue weighted by Gasteiger charge is 2.35. The van der Waals surface area contributed by atoms with Crippen molar-refractivity contribution < 1.29 is 13.2 Å². The number of hydrogen-bond donors (Lipinski definition) is 4. The summed E-state index contributed by atoms with van der Waals surface area (Å²) in [5.41, 5.74) is 0.383. The van der Waals surface area contributed by atoms with Gasteiger partial charge >= 0.3 is 5.69 Å². The van der Waals surface area contributed by atoms with Crippen LogP contribution in [-0.4, -0.2) is 53.2 Å². The number of aryl methyl sites for hydroxylation is 1. The van der Waals surface area contributed by atoms with E-state index in [1.165, 1.54) is 6.92 Å². The van der Waals surface area contributed by atoms with E-state index in [4.69, 9.17) is 0 Å². The number of hydrogen-bond acceptors (Lipinski definition) is 5. The Morgan fingerprint density at radius 3 is 2.78 bits per heavy atom. The Labute approximate surface area is 184 Å². The smallest absolute Gasteiger partial charge is 0.325 e. The summed E-state index contributed by atoms with van der Waals surface area (Å²) in [6.45, 7) is 1.99. The molecule has 2 aromatic heterocycles. The molecule has 1 atom stereocenters. The number of sulfonamides is 1. The van der Waals surface area contributed by atoms with Crippen molar-refractivity contribution in [2.75, 3.05) is 19.6 Å². The molecule has 1 saturated heterocycles. The van der Waals surface area contributed by atoms with Gasteiger partial charge in [0.05, 0.1) is 5.92 Å². The summed E-state index contributed by atoms with van der Waals surface area (Å²) in [5, 5.41) is 4.02. The number of nitrogens with one attached hydrogen (secondary N) is 4. The molecule has 0 saturated carbocycles. The third kappa shape index (κ3) is 4.26. The van der Waals surface area contributed by atoms with Gasteiger partial charge in [-0.25, -0.2) is 13.2 Å². The third-order valence-electron chi connectivity index (χ3n) is 5.80. The maximum atomic E-state index is 13.1. The van der Waals surface area contributed by atoms with Crippen molar-refractivity contribution >= 4 is 26.8 Å². The molecule has 1 amide bonds. The van der Waals surface area contributed by atoms with Gasteiger partial charge in [-0.1, -0.05) is 18.2 Å². The molecule has 1 aliphatic heterocycles. The predicted octanol–water partition coefficient (Wildman–Crippen LogP) is 0.613. The third-order valence-corrected chi connectivity index (χ3v) is 7.82. The molecule has 0 radical (unpaired) electrons.